The molecule has 0 saturated carbocycles. The number of aryl methyl sites for hydroxylation is 3. The first-order valence-corrected chi connectivity index (χ1v) is 12.0. The molecule has 9 heteroatoms. The molecule has 2 aromatic heterocycles. The van der Waals surface area contributed by atoms with Crippen molar-refractivity contribution in [3.8, 4) is 0 Å². The number of para-hydroxylation sites is 1. The molecule has 1 amide bonds. The lowest BCUT2D eigenvalue weighted by atomic mass is 9.86. The number of benzene rings is 2. The molecule has 180 valence electrons. The molecule has 36 heavy (non-hydrogen) atoms. The second kappa shape index (κ2) is 8.17. The predicted molar refractivity (Wildman–Crippen MR) is 140 cm³/mol. The highest BCUT2D eigenvalue weighted by molar-refractivity contribution is 7.80. The van der Waals surface area contributed by atoms with Crippen molar-refractivity contribution >= 4 is 46.2 Å². The van der Waals surface area contributed by atoms with Gasteiger partial charge >= 0.3 is 0 Å². The molecule has 0 bridgehead atoms. The van der Waals surface area contributed by atoms with Crippen LogP contribution < -0.4 is 14.7 Å². The lowest BCUT2D eigenvalue weighted by molar-refractivity contribution is -0.115. The Kier molecular flexibility index (Phi) is 5.04. The topological polar surface area (TPSA) is 78.9 Å². The number of fused-ring (bicyclic) bond motifs is 3. The van der Waals surface area contributed by atoms with Gasteiger partial charge in [-0.1, -0.05) is 46.2 Å². The standard InChI is InChI=1S/C27H23N5O3S/c1-15-9-11-19(12-10-15)31-25-20-7-5-6-8-21(20)32(23-14-17(3)35-29-23)26(33)24(25)18(4)30(27(31)36)22-13-16(2)34-28-22/h5-14,25H,1-4H3. The minimum absolute atomic E-state index is 0.200. The summed E-state index contributed by atoms with van der Waals surface area (Å²) in [6.45, 7) is 7.55. The second-order valence-electron chi connectivity index (χ2n) is 9.02. The van der Waals surface area contributed by atoms with Crippen LogP contribution in [0.1, 0.15) is 35.6 Å². The van der Waals surface area contributed by atoms with Crippen LogP contribution in [-0.2, 0) is 4.79 Å². The van der Waals surface area contributed by atoms with Crippen LogP contribution in [0.4, 0.5) is 23.0 Å². The van der Waals surface area contributed by atoms with Crippen molar-refractivity contribution in [2.75, 3.05) is 14.7 Å². The number of amides is 1. The van der Waals surface area contributed by atoms with E-state index in [9.17, 15) is 4.79 Å². The van der Waals surface area contributed by atoms with E-state index in [1.54, 1.807) is 22.8 Å². The van der Waals surface area contributed by atoms with E-state index in [2.05, 4.69) is 10.3 Å². The monoisotopic (exact) mass is 497 g/mol. The molecule has 2 aliphatic heterocycles. The maximum Gasteiger partial charge on any atom is 0.264 e. The minimum Gasteiger partial charge on any atom is -0.360 e. The number of thiocarbonyl (C=S) groups is 1. The molecule has 0 N–H and O–H groups in total. The van der Waals surface area contributed by atoms with Crippen LogP contribution in [-0.4, -0.2) is 21.3 Å². The quantitative estimate of drug-likeness (QED) is 0.324. The Labute approximate surface area is 213 Å². The van der Waals surface area contributed by atoms with Gasteiger partial charge in [0.2, 0.25) is 0 Å². The van der Waals surface area contributed by atoms with Gasteiger partial charge in [0.05, 0.1) is 17.3 Å². The molecule has 0 saturated heterocycles. The molecule has 0 radical (unpaired) electrons. The van der Waals surface area contributed by atoms with Crippen LogP contribution >= 0.6 is 12.2 Å². The van der Waals surface area contributed by atoms with Gasteiger partial charge in [0.1, 0.15) is 11.5 Å². The van der Waals surface area contributed by atoms with E-state index in [4.69, 9.17) is 21.3 Å². The van der Waals surface area contributed by atoms with Gasteiger partial charge in [-0.3, -0.25) is 14.6 Å². The second-order valence-corrected chi connectivity index (χ2v) is 9.38. The van der Waals surface area contributed by atoms with E-state index >= 15 is 0 Å². The van der Waals surface area contributed by atoms with Crippen molar-refractivity contribution in [3.05, 3.63) is 94.6 Å². The van der Waals surface area contributed by atoms with E-state index in [0.717, 1.165) is 22.5 Å². The Balaban J connectivity index is 1.64. The first kappa shape index (κ1) is 22.2. The molecule has 0 aliphatic carbocycles. The molecule has 2 aromatic carbocycles. The van der Waals surface area contributed by atoms with Crippen molar-refractivity contribution in [2.24, 2.45) is 0 Å². The average molecular weight is 498 g/mol. The number of carbonyl (C=O) groups is 1. The van der Waals surface area contributed by atoms with E-state index in [-0.39, 0.29) is 5.91 Å². The number of hydrogen-bond donors (Lipinski definition) is 0. The molecular formula is C27H23N5O3S. The predicted octanol–water partition coefficient (Wildman–Crippen LogP) is 5.89. The fraction of sp³-hybridized carbons (Fsp3) is 0.185. The molecule has 4 heterocycles. The highest BCUT2D eigenvalue weighted by Gasteiger charge is 2.48. The molecule has 2 aliphatic rings. The van der Waals surface area contributed by atoms with Gasteiger partial charge in [0, 0.05) is 29.1 Å². The summed E-state index contributed by atoms with van der Waals surface area (Å²) in [5.41, 5.74) is 4.94. The normalized spacial score (nSPS) is 17.6. The van der Waals surface area contributed by atoms with Crippen LogP contribution in [0.25, 0.3) is 0 Å². The number of carbonyl (C=O) groups excluding carboxylic acids is 1. The smallest absolute Gasteiger partial charge is 0.264 e. The van der Waals surface area contributed by atoms with Crippen LogP contribution in [0.3, 0.4) is 0 Å². The number of hydrogen-bond acceptors (Lipinski definition) is 6. The van der Waals surface area contributed by atoms with Crippen LogP contribution in [0.2, 0.25) is 0 Å². The SMILES string of the molecule is CC1=C2C(=O)N(c3cc(C)on3)c3ccccc3C2N(c2ccc(C)cc2)C(=S)N1c1cc(C)on1. The van der Waals surface area contributed by atoms with E-state index < -0.39 is 6.04 Å². The van der Waals surface area contributed by atoms with Gasteiger partial charge in [0.25, 0.3) is 5.91 Å². The minimum atomic E-state index is -0.433. The number of nitrogens with zero attached hydrogens (tertiary/aromatic N) is 5. The largest absolute Gasteiger partial charge is 0.360 e. The van der Waals surface area contributed by atoms with Gasteiger partial charge < -0.3 is 13.9 Å². The summed E-state index contributed by atoms with van der Waals surface area (Å²) in [5, 5.41) is 8.89. The third kappa shape index (κ3) is 3.27. The fourth-order valence-electron chi connectivity index (χ4n) is 4.91. The number of aromatic nitrogens is 2. The Morgan fingerprint density at radius 2 is 1.44 bits per heavy atom. The van der Waals surface area contributed by atoms with Crippen molar-refractivity contribution in [2.45, 2.75) is 33.7 Å². The molecule has 6 rings (SSSR count). The Hall–Kier alpha value is -4.24. The molecule has 1 unspecified atom stereocenters. The third-order valence-corrected chi connectivity index (χ3v) is 6.94. The first-order chi connectivity index (χ1) is 17.3. The van der Waals surface area contributed by atoms with E-state index in [1.807, 2.05) is 80.3 Å². The van der Waals surface area contributed by atoms with Gasteiger partial charge in [-0.25, -0.2) is 0 Å². The van der Waals surface area contributed by atoms with Crippen molar-refractivity contribution in [1.29, 1.82) is 0 Å². The summed E-state index contributed by atoms with van der Waals surface area (Å²) in [6.07, 6.45) is 0. The van der Waals surface area contributed by atoms with E-state index in [1.165, 1.54) is 0 Å². The summed E-state index contributed by atoms with van der Waals surface area (Å²) in [7, 11) is 0. The molecular weight excluding hydrogens is 474 g/mol. The highest BCUT2D eigenvalue weighted by atomic mass is 32.1. The van der Waals surface area contributed by atoms with Crippen LogP contribution in [0.5, 0.6) is 0 Å². The van der Waals surface area contributed by atoms with E-state index in [0.29, 0.717) is 39.5 Å². The summed E-state index contributed by atoms with van der Waals surface area (Å²) in [6, 6.07) is 19.1. The zero-order valence-corrected chi connectivity index (χ0v) is 21.0. The zero-order valence-electron chi connectivity index (χ0n) is 20.2. The van der Waals surface area contributed by atoms with Gasteiger partial charge in [-0.05, 0) is 58.1 Å². The fourth-order valence-corrected chi connectivity index (χ4v) is 5.35. The van der Waals surface area contributed by atoms with Crippen molar-refractivity contribution in [1.82, 2.24) is 10.3 Å². The molecule has 0 fully saturated rings. The summed E-state index contributed by atoms with van der Waals surface area (Å²) < 4.78 is 10.7. The average Bonchev–Trinajstić information content (AvgIpc) is 3.48. The van der Waals surface area contributed by atoms with Gasteiger partial charge in [0.15, 0.2) is 16.7 Å². The summed E-state index contributed by atoms with van der Waals surface area (Å²) in [4.78, 5) is 19.7. The van der Waals surface area contributed by atoms with Crippen molar-refractivity contribution < 1.29 is 13.8 Å². The summed E-state index contributed by atoms with van der Waals surface area (Å²) in [5.74, 6) is 2.02. The summed E-state index contributed by atoms with van der Waals surface area (Å²) >= 11 is 6.08. The molecule has 1 atom stereocenters. The van der Waals surface area contributed by atoms with Crippen LogP contribution in [0, 0.1) is 20.8 Å². The lowest BCUT2D eigenvalue weighted by Crippen LogP contribution is -2.54. The molecule has 0 spiro atoms. The first-order valence-electron chi connectivity index (χ1n) is 11.6. The number of rotatable bonds is 3. The maximum absolute atomic E-state index is 14.3. The Morgan fingerprint density at radius 1 is 0.833 bits per heavy atom. The number of anilines is 4. The van der Waals surface area contributed by atoms with Crippen LogP contribution in [0.15, 0.2) is 81.0 Å². The van der Waals surface area contributed by atoms with Gasteiger partial charge in [-0.2, -0.15) is 0 Å². The Morgan fingerprint density at radius 3 is 2.06 bits per heavy atom. The molecule has 8 nitrogen and oxygen atoms in total. The third-order valence-electron chi connectivity index (χ3n) is 6.56. The maximum atomic E-state index is 14.3. The Bertz CT molecular complexity index is 1550. The van der Waals surface area contributed by atoms with Gasteiger partial charge in [-0.15, -0.1) is 0 Å². The zero-order chi connectivity index (χ0) is 25.1. The number of allylic oxidation sites excluding steroid dienone is 1. The highest BCUT2D eigenvalue weighted by Crippen LogP contribution is 2.49. The lowest BCUT2D eigenvalue weighted by Gasteiger charge is -2.48. The molecule has 4 aromatic rings. The van der Waals surface area contributed by atoms with Crippen molar-refractivity contribution in [3.63, 3.8) is 0 Å².